The number of hydrogen-bond acceptors (Lipinski definition) is 6. The topological polar surface area (TPSA) is 99.4 Å². The number of aromatic nitrogens is 4. The van der Waals surface area contributed by atoms with E-state index in [0.29, 0.717) is 26.4 Å². The Morgan fingerprint density at radius 2 is 2.53 bits per heavy atom. The molecule has 1 aromatic heterocycles. The van der Waals surface area contributed by atoms with Gasteiger partial charge in [-0.15, -0.1) is 5.10 Å². The molecule has 0 bridgehead atoms. The van der Waals surface area contributed by atoms with Crippen LogP contribution in [0.25, 0.3) is 0 Å². The average molecular weight is 270 g/mol. The van der Waals surface area contributed by atoms with Crippen molar-refractivity contribution in [2.45, 2.75) is 38.3 Å². The zero-order valence-electron chi connectivity index (χ0n) is 10.9. The van der Waals surface area contributed by atoms with E-state index in [2.05, 4.69) is 15.5 Å². The highest BCUT2D eigenvalue weighted by Gasteiger charge is 2.25. The van der Waals surface area contributed by atoms with Crippen molar-refractivity contribution in [1.82, 2.24) is 20.2 Å². The summed E-state index contributed by atoms with van der Waals surface area (Å²) in [5.74, 6) is 0.0342. The second kappa shape index (κ2) is 6.58. The first-order valence-electron chi connectivity index (χ1n) is 6.38. The Labute approximate surface area is 110 Å². The molecule has 1 N–H and O–H groups in total. The van der Waals surface area contributed by atoms with Gasteiger partial charge < -0.3 is 14.6 Å². The summed E-state index contributed by atoms with van der Waals surface area (Å²) in [5.41, 5.74) is 0. The molecule has 2 rings (SSSR count). The average Bonchev–Trinajstić information content (AvgIpc) is 2.97. The van der Waals surface area contributed by atoms with Gasteiger partial charge in [0.1, 0.15) is 0 Å². The summed E-state index contributed by atoms with van der Waals surface area (Å²) in [6, 6.07) is 0. The summed E-state index contributed by atoms with van der Waals surface area (Å²) in [4.78, 5) is 10.8. The minimum Gasteiger partial charge on any atom is -0.481 e. The van der Waals surface area contributed by atoms with Gasteiger partial charge in [-0.05, 0) is 23.8 Å². The molecule has 8 heteroatoms. The number of nitrogens with zero attached hydrogens (tertiary/aromatic N) is 4. The first-order valence-corrected chi connectivity index (χ1v) is 6.38. The second-order valence-corrected chi connectivity index (χ2v) is 4.45. The van der Waals surface area contributed by atoms with Gasteiger partial charge in [-0.25, -0.2) is 4.68 Å². The van der Waals surface area contributed by atoms with Gasteiger partial charge in [0.2, 0.25) is 0 Å². The molecule has 1 aliphatic rings. The van der Waals surface area contributed by atoms with Crippen LogP contribution in [0.3, 0.4) is 0 Å². The van der Waals surface area contributed by atoms with Crippen LogP contribution < -0.4 is 0 Å². The SMILES string of the molecule is CCOC(CC(=O)O)Cn1nnnc1C1CCOC1. The summed E-state index contributed by atoms with van der Waals surface area (Å²) in [7, 11) is 0. The Bertz CT molecular complexity index is 417. The maximum absolute atomic E-state index is 10.8. The summed E-state index contributed by atoms with van der Waals surface area (Å²) >= 11 is 0. The first-order chi connectivity index (χ1) is 9.20. The first kappa shape index (κ1) is 13.9. The molecule has 106 valence electrons. The van der Waals surface area contributed by atoms with Crippen LogP contribution in [0.2, 0.25) is 0 Å². The van der Waals surface area contributed by atoms with Crippen LogP contribution in [-0.2, 0) is 20.8 Å². The molecular formula is C11H18N4O4. The van der Waals surface area contributed by atoms with E-state index < -0.39 is 12.1 Å². The van der Waals surface area contributed by atoms with Crippen LogP contribution >= 0.6 is 0 Å². The Hall–Kier alpha value is -1.54. The van der Waals surface area contributed by atoms with E-state index in [1.54, 1.807) is 4.68 Å². The Balaban J connectivity index is 2.03. The lowest BCUT2D eigenvalue weighted by molar-refractivity contribution is -0.140. The molecule has 1 aliphatic heterocycles. The van der Waals surface area contributed by atoms with Crippen LogP contribution in [-0.4, -0.2) is 57.2 Å². The standard InChI is InChI=1S/C11H18N4O4/c1-2-19-9(5-10(16)17)6-15-11(12-13-14-15)8-3-4-18-7-8/h8-9H,2-7H2,1H3,(H,16,17). The van der Waals surface area contributed by atoms with Crippen LogP contribution in [0.15, 0.2) is 0 Å². The third-order valence-corrected chi connectivity index (χ3v) is 3.04. The molecule has 0 radical (unpaired) electrons. The molecule has 1 saturated heterocycles. The van der Waals surface area contributed by atoms with Crippen molar-refractivity contribution in [3.63, 3.8) is 0 Å². The molecule has 1 aromatic rings. The van der Waals surface area contributed by atoms with Gasteiger partial charge in [0.25, 0.3) is 0 Å². The summed E-state index contributed by atoms with van der Waals surface area (Å²) < 4.78 is 12.4. The third-order valence-electron chi connectivity index (χ3n) is 3.04. The van der Waals surface area contributed by atoms with Crippen molar-refractivity contribution in [2.24, 2.45) is 0 Å². The van der Waals surface area contributed by atoms with Crippen molar-refractivity contribution in [1.29, 1.82) is 0 Å². The normalized spacial score (nSPS) is 20.6. The molecule has 0 aromatic carbocycles. The molecule has 0 saturated carbocycles. The molecule has 1 fully saturated rings. The smallest absolute Gasteiger partial charge is 0.306 e. The Morgan fingerprint density at radius 1 is 1.68 bits per heavy atom. The molecule has 0 aliphatic carbocycles. The lowest BCUT2D eigenvalue weighted by Gasteiger charge is -2.16. The van der Waals surface area contributed by atoms with Gasteiger partial charge in [0, 0.05) is 19.1 Å². The minimum absolute atomic E-state index is 0.0612. The van der Waals surface area contributed by atoms with Gasteiger partial charge in [-0.1, -0.05) is 0 Å². The Kier molecular flexibility index (Phi) is 4.80. The van der Waals surface area contributed by atoms with Gasteiger partial charge >= 0.3 is 5.97 Å². The van der Waals surface area contributed by atoms with E-state index in [1.165, 1.54) is 0 Å². The quantitative estimate of drug-likeness (QED) is 0.747. The highest BCUT2D eigenvalue weighted by Crippen LogP contribution is 2.22. The predicted molar refractivity (Wildman–Crippen MR) is 63.7 cm³/mol. The fraction of sp³-hybridized carbons (Fsp3) is 0.818. The Morgan fingerprint density at radius 3 is 3.16 bits per heavy atom. The van der Waals surface area contributed by atoms with Crippen molar-refractivity contribution >= 4 is 5.97 Å². The molecule has 2 atom stereocenters. The number of ether oxygens (including phenoxy) is 2. The number of hydrogen-bond donors (Lipinski definition) is 1. The molecule has 19 heavy (non-hydrogen) atoms. The third kappa shape index (κ3) is 3.71. The fourth-order valence-corrected chi connectivity index (χ4v) is 2.17. The zero-order chi connectivity index (χ0) is 13.7. The van der Waals surface area contributed by atoms with Crippen LogP contribution in [0.1, 0.15) is 31.5 Å². The predicted octanol–water partition coefficient (Wildman–Crippen LogP) is 0.0568. The van der Waals surface area contributed by atoms with Crippen molar-refractivity contribution in [3.05, 3.63) is 5.82 Å². The van der Waals surface area contributed by atoms with E-state index in [9.17, 15) is 4.79 Å². The van der Waals surface area contributed by atoms with E-state index in [0.717, 1.165) is 12.2 Å². The molecule has 2 unspecified atom stereocenters. The van der Waals surface area contributed by atoms with Gasteiger partial charge in [0.05, 0.1) is 25.7 Å². The number of aliphatic carboxylic acids is 1. The maximum atomic E-state index is 10.8. The highest BCUT2D eigenvalue weighted by molar-refractivity contribution is 5.67. The van der Waals surface area contributed by atoms with Crippen molar-refractivity contribution in [2.75, 3.05) is 19.8 Å². The van der Waals surface area contributed by atoms with E-state index in [-0.39, 0.29) is 12.3 Å². The lowest BCUT2D eigenvalue weighted by Crippen LogP contribution is -2.26. The molecule has 8 nitrogen and oxygen atoms in total. The van der Waals surface area contributed by atoms with Gasteiger partial charge in [0.15, 0.2) is 5.82 Å². The monoisotopic (exact) mass is 270 g/mol. The second-order valence-electron chi connectivity index (χ2n) is 4.45. The minimum atomic E-state index is -0.891. The summed E-state index contributed by atoms with van der Waals surface area (Å²) in [6.45, 7) is 3.96. The van der Waals surface area contributed by atoms with E-state index >= 15 is 0 Å². The molecule has 0 amide bonds. The number of tetrazole rings is 1. The number of carboxylic acids is 1. The number of carbonyl (C=O) groups is 1. The fourth-order valence-electron chi connectivity index (χ4n) is 2.17. The molecule has 0 spiro atoms. The van der Waals surface area contributed by atoms with Gasteiger partial charge in [-0.2, -0.15) is 0 Å². The largest absolute Gasteiger partial charge is 0.481 e. The van der Waals surface area contributed by atoms with Gasteiger partial charge in [-0.3, -0.25) is 4.79 Å². The number of rotatable bonds is 7. The highest BCUT2D eigenvalue weighted by atomic mass is 16.5. The van der Waals surface area contributed by atoms with Crippen LogP contribution in [0.4, 0.5) is 0 Å². The van der Waals surface area contributed by atoms with E-state index in [4.69, 9.17) is 14.6 Å². The van der Waals surface area contributed by atoms with Crippen molar-refractivity contribution < 1.29 is 19.4 Å². The lowest BCUT2D eigenvalue weighted by atomic mass is 10.1. The maximum Gasteiger partial charge on any atom is 0.306 e. The van der Waals surface area contributed by atoms with E-state index in [1.807, 2.05) is 6.92 Å². The van der Waals surface area contributed by atoms with Crippen LogP contribution in [0, 0.1) is 0 Å². The molecule has 2 heterocycles. The zero-order valence-corrected chi connectivity index (χ0v) is 10.9. The van der Waals surface area contributed by atoms with Crippen LogP contribution in [0.5, 0.6) is 0 Å². The number of carboxylic acid groups (broad SMARTS) is 1. The summed E-state index contributed by atoms with van der Waals surface area (Å²) in [5, 5.41) is 20.4. The molecular weight excluding hydrogens is 252 g/mol. The van der Waals surface area contributed by atoms with Crippen molar-refractivity contribution in [3.8, 4) is 0 Å². The summed E-state index contributed by atoms with van der Waals surface area (Å²) in [6.07, 6.45) is 0.402.